The second kappa shape index (κ2) is 12.7. The molecular formula is C36H31N11O5. The minimum Gasteiger partial charge on any atom is -0.474 e. The first-order valence-corrected chi connectivity index (χ1v) is 16.4. The van der Waals surface area contributed by atoms with Crippen LogP contribution in [-0.4, -0.2) is 78.0 Å². The Balaban J connectivity index is 0.932. The summed E-state index contributed by atoms with van der Waals surface area (Å²) in [7, 11) is 5.28. The average Bonchev–Trinajstić information content (AvgIpc) is 3.60. The van der Waals surface area contributed by atoms with Gasteiger partial charge in [0, 0.05) is 62.5 Å². The van der Waals surface area contributed by atoms with Crippen molar-refractivity contribution < 1.29 is 19.1 Å². The van der Waals surface area contributed by atoms with E-state index < -0.39 is 11.9 Å². The predicted octanol–water partition coefficient (Wildman–Crippen LogP) is 2.37. The molecule has 4 amide bonds. The third-order valence-corrected chi connectivity index (χ3v) is 9.11. The number of imidazole rings is 1. The van der Waals surface area contributed by atoms with Crippen LogP contribution >= 0.6 is 0 Å². The van der Waals surface area contributed by atoms with Gasteiger partial charge >= 0.3 is 11.7 Å². The van der Waals surface area contributed by atoms with Gasteiger partial charge in [-0.05, 0) is 48.5 Å². The summed E-state index contributed by atoms with van der Waals surface area (Å²) < 4.78 is 10.8. The smallest absolute Gasteiger partial charge is 0.329 e. The van der Waals surface area contributed by atoms with E-state index in [1.807, 2.05) is 36.4 Å². The zero-order chi connectivity index (χ0) is 36.1. The molecule has 52 heavy (non-hydrogen) atoms. The lowest BCUT2D eigenvalue weighted by Gasteiger charge is -2.30. The molecule has 2 aromatic carbocycles. The fourth-order valence-corrected chi connectivity index (χ4v) is 6.39. The number of ether oxygens (including phenoxy) is 1. The topological polar surface area (TPSA) is 174 Å². The van der Waals surface area contributed by atoms with E-state index in [0.29, 0.717) is 47.5 Å². The fourth-order valence-electron chi connectivity index (χ4n) is 6.39. The van der Waals surface area contributed by atoms with Gasteiger partial charge in [0.05, 0.1) is 35.8 Å². The van der Waals surface area contributed by atoms with E-state index in [0.717, 1.165) is 27.6 Å². The quantitative estimate of drug-likeness (QED) is 0.255. The van der Waals surface area contributed by atoms with Crippen LogP contribution in [0.15, 0.2) is 65.7 Å². The summed E-state index contributed by atoms with van der Waals surface area (Å²) in [5, 5.41) is 10.3. The van der Waals surface area contributed by atoms with Crippen LogP contribution in [0.25, 0.3) is 33.3 Å². The van der Waals surface area contributed by atoms with Gasteiger partial charge in [0.25, 0.3) is 5.91 Å². The molecule has 0 bridgehead atoms. The summed E-state index contributed by atoms with van der Waals surface area (Å²) in [5.74, 6) is 6.55. The van der Waals surface area contributed by atoms with E-state index in [2.05, 4.69) is 47.4 Å². The highest BCUT2D eigenvalue weighted by molar-refractivity contribution is 6.09. The molecular weight excluding hydrogens is 666 g/mol. The number of amides is 4. The van der Waals surface area contributed by atoms with Crippen molar-refractivity contribution in [2.24, 2.45) is 21.1 Å². The molecule has 1 saturated heterocycles. The van der Waals surface area contributed by atoms with Crippen molar-refractivity contribution in [1.82, 2.24) is 44.5 Å². The summed E-state index contributed by atoms with van der Waals surface area (Å²) in [6, 6.07) is 14.2. The Bertz CT molecular complexity index is 2580. The molecule has 8 rings (SSSR count). The normalized spacial score (nSPS) is 14.1. The zero-order valence-corrected chi connectivity index (χ0v) is 28.4. The van der Waals surface area contributed by atoms with Gasteiger partial charge in [0.15, 0.2) is 11.6 Å². The maximum absolute atomic E-state index is 12.8. The van der Waals surface area contributed by atoms with E-state index >= 15 is 0 Å². The highest BCUT2D eigenvalue weighted by Gasteiger charge is 2.28. The number of fused-ring (bicyclic) bond motifs is 3. The molecule has 0 spiro atoms. The molecule has 0 atom stereocenters. The monoisotopic (exact) mass is 697 g/mol. The number of aryl methyl sites for hydroxylation is 3. The lowest BCUT2D eigenvalue weighted by molar-refractivity contribution is -0.120. The highest BCUT2D eigenvalue weighted by Crippen LogP contribution is 2.37. The number of carbonyl (C=O) groups excluding carboxylic acids is 3. The number of hydrogen-bond donors (Lipinski definition) is 2. The zero-order valence-electron chi connectivity index (χ0n) is 28.4. The molecule has 260 valence electrons. The predicted molar refractivity (Wildman–Crippen MR) is 191 cm³/mol. The molecule has 2 aliphatic rings. The first kappa shape index (κ1) is 32.2. The number of anilines is 3. The van der Waals surface area contributed by atoms with Gasteiger partial charge in [-0.15, -0.1) is 0 Å². The van der Waals surface area contributed by atoms with Crippen LogP contribution in [0, 0.1) is 11.8 Å². The lowest BCUT2D eigenvalue weighted by Crippen LogP contribution is -2.49. The second-order valence-corrected chi connectivity index (χ2v) is 12.3. The standard InChI is InChI=1S/C36H31N11O5/c1-43-27-11-8-23(18-28(27)44(2)36(43)51)46-15-16-52-34-29(46)20-39-31(41-34)22-7-9-25(38-19-22)33(49)37-13-4-5-21-6-10-26-24(17-21)32(42-45(26)3)47-14-12-30(48)40-35(47)50/h6-11,17-20H,12-16H2,1-3H3,(H,37,49)(H,40,48,50). The molecule has 2 aliphatic heterocycles. The van der Waals surface area contributed by atoms with Gasteiger partial charge in [-0.2, -0.15) is 10.1 Å². The molecule has 2 N–H and O–H groups in total. The Hall–Kier alpha value is -7.02. The number of nitrogens with zero attached hydrogens (tertiary/aromatic N) is 9. The summed E-state index contributed by atoms with van der Waals surface area (Å²) in [6.45, 7) is 1.31. The van der Waals surface area contributed by atoms with Gasteiger partial charge < -0.3 is 15.0 Å². The Morgan fingerprint density at radius 3 is 2.56 bits per heavy atom. The van der Waals surface area contributed by atoms with E-state index in [1.54, 1.807) is 53.3 Å². The summed E-state index contributed by atoms with van der Waals surface area (Å²) in [4.78, 5) is 66.4. The van der Waals surface area contributed by atoms with Crippen molar-refractivity contribution >= 4 is 57.0 Å². The van der Waals surface area contributed by atoms with Crippen LogP contribution in [0.3, 0.4) is 0 Å². The Morgan fingerprint density at radius 2 is 1.75 bits per heavy atom. The molecule has 0 aliphatic carbocycles. The largest absolute Gasteiger partial charge is 0.474 e. The van der Waals surface area contributed by atoms with E-state index in [4.69, 9.17) is 4.74 Å². The first-order chi connectivity index (χ1) is 25.2. The maximum Gasteiger partial charge on any atom is 0.329 e. The number of urea groups is 1. The summed E-state index contributed by atoms with van der Waals surface area (Å²) in [6.07, 6.45) is 3.42. The van der Waals surface area contributed by atoms with Gasteiger partial charge in [-0.1, -0.05) is 11.8 Å². The van der Waals surface area contributed by atoms with Gasteiger partial charge in [-0.3, -0.25) is 38.6 Å². The Morgan fingerprint density at radius 1 is 0.923 bits per heavy atom. The number of carbonyl (C=O) groups is 3. The van der Waals surface area contributed by atoms with Crippen molar-refractivity contribution in [2.75, 3.05) is 36.0 Å². The molecule has 16 nitrogen and oxygen atoms in total. The van der Waals surface area contributed by atoms with E-state index in [-0.39, 0.29) is 36.8 Å². The molecule has 0 saturated carbocycles. The number of aromatic nitrogens is 7. The minimum absolute atomic E-state index is 0.0755. The number of rotatable bonds is 5. The van der Waals surface area contributed by atoms with Crippen molar-refractivity contribution in [3.05, 3.63) is 82.7 Å². The van der Waals surface area contributed by atoms with Crippen LogP contribution < -0.4 is 30.9 Å². The fraction of sp³-hybridized carbons (Fsp3) is 0.222. The third kappa shape index (κ3) is 5.63. The molecule has 16 heteroatoms. The van der Waals surface area contributed by atoms with E-state index in [9.17, 15) is 19.2 Å². The summed E-state index contributed by atoms with van der Waals surface area (Å²) in [5.41, 5.74) is 5.46. The van der Waals surface area contributed by atoms with Gasteiger partial charge in [0.2, 0.25) is 11.8 Å². The number of imide groups is 1. The SMILES string of the molecule is Cn1nc(N2CCC(=O)NC2=O)c2cc(C#CCNC(=O)c3ccc(-c4ncc5c(n4)OCCN5c4ccc5c(c4)n(C)c(=O)n5C)cn3)ccc21. The summed E-state index contributed by atoms with van der Waals surface area (Å²) >= 11 is 0. The number of nitrogens with one attached hydrogen (secondary N) is 2. The molecule has 4 aromatic heterocycles. The van der Waals surface area contributed by atoms with Crippen LogP contribution in [0.5, 0.6) is 5.88 Å². The molecule has 1 fully saturated rings. The van der Waals surface area contributed by atoms with Crippen molar-refractivity contribution in [2.45, 2.75) is 6.42 Å². The lowest BCUT2D eigenvalue weighted by atomic mass is 10.1. The maximum atomic E-state index is 12.8. The van der Waals surface area contributed by atoms with Crippen LogP contribution in [0.2, 0.25) is 0 Å². The van der Waals surface area contributed by atoms with Crippen LogP contribution in [0.4, 0.5) is 22.0 Å². The van der Waals surface area contributed by atoms with Gasteiger partial charge in [-0.25, -0.2) is 14.6 Å². The third-order valence-electron chi connectivity index (χ3n) is 9.11. The minimum atomic E-state index is -0.512. The van der Waals surface area contributed by atoms with Crippen molar-refractivity contribution in [3.63, 3.8) is 0 Å². The molecule has 6 aromatic rings. The number of hydrogen-bond acceptors (Lipinski definition) is 10. The van der Waals surface area contributed by atoms with Crippen LogP contribution in [0.1, 0.15) is 22.5 Å². The molecule has 6 heterocycles. The highest BCUT2D eigenvalue weighted by atomic mass is 16.5. The Kier molecular flexibility index (Phi) is 7.86. The van der Waals surface area contributed by atoms with Crippen molar-refractivity contribution in [3.8, 4) is 29.1 Å². The van der Waals surface area contributed by atoms with Crippen molar-refractivity contribution in [1.29, 1.82) is 0 Å². The van der Waals surface area contributed by atoms with Gasteiger partial charge in [0.1, 0.15) is 18.0 Å². The second-order valence-electron chi connectivity index (χ2n) is 12.3. The van der Waals surface area contributed by atoms with E-state index in [1.165, 1.54) is 11.1 Å². The van der Waals surface area contributed by atoms with Crippen LogP contribution in [-0.2, 0) is 25.9 Å². The molecule has 0 radical (unpaired) electrons. The molecule has 0 unspecified atom stereocenters. The Labute approximate surface area is 295 Å². The number of benzene rings is 2. The first-order valence-electron chi connectivity index (χ1n) is 16.4. The average molecular weight is 698 g/mol. The number of pyridine rings is 1.